The molecule has 2 rings (SSSR count). The summed E-state index contributed by atoms with van der Waals surface area (Å²) in [6.07, 6.45) is 2.12. The lowest BCUT2D eigenvalue weighted by molar-refractivity contribution is 0.107. The molecule has 1 aliphatic heterocycles. The minimum absolute atomic E-state index is 0.423. The number of aromatic nitrogens is 2. The average Bonchev–Trinajstić information content (AvgIpc) is 3.02. The van der Waals surface area contributed by atoms with Crippen molar-refractivity contribution in [1.82, 2.24) is 29.8 Å². The summed E-state index contributed by atoms with van der Waals surface area (Å²) < 4.78 is 1.91. The maximum absolute atomic E-state index is 4.62. The fraction of sp³-hybridized carbons (Fsp3) is 0.800. The number of aryl methyl sites for hydroxylation is 1. The summed E-state index contributed by atoms with van der Waals surface area (Å²) in [6, 6.07) is 0.499. The predicted molar refractivity (Wildman–Crippen MR) is 113 cm³/mol. The maximum atomic E-state index is 4.62. The summed E-state index contributed by atoms with van der Waals surface area (Å²) in [5.74, 6) is 1.36. The molecular weight excluding hydrogens is 338 g/mol. The number of hydrogen-bond donors (Lipinski definition) is 1. The van der Waals surface area contributed by atoms with Gasteiger partial charge in [0, 0.05) is 78.2 Å². The zero-order valence-corrected chi connectivity index (χ0v) is 18.4. The van der Waals surface area contributed by atoms with E-state index >= 15 is 0 Å². The Labute approximate surface area is 165 Å². The van der Waals surface area contributed by atoms with Gasteiger partial charge in [0.25, 0.3) is 0 Å². The van der Waals surface area contributed by atoms with Gasteiger partial charge in [-0.25, -0.2) is 0 Å². The van der Waals surface area contributed by atoms with Crippen LogP contribution in [0, 0.1) is 0 Å². The van der Waals surface area contributed by atoms with Crippen LogP contribution in [0.3, 0.4) is 0 Å². The first kappa shape index (κ1) is 21.7. The smallest absolute Gasteiger partial charge is 0.193 e. The molecule has 7 nitrogen and oxygen atoms in total. The van der Waals surface area contributed by atoms with E-state index in [1.165, 1.54) is 24.3 Å². The number of guanidine groups is 1. The van der Waals surface area contributed by atoms with Crippen molar-refractivity contribution in [2.24, 2.45) is 12.0 Å². The normalized spacial score (nSPS) is 18.1. The Morgan fingerprint density at radius 2 is 1.93 bits per heavy atom. The first-order valence-corrected chi connectivity index (χ1v) is 10.3. The molecule has 0 spiro atoms. The van der Waals surface area contributed by atoms with Crippen LogP contribution in [0.2, 0.25) is 0 Å². The number of nitrogens with one attached hydrogen (secondary N) is 1. The first-order chi connectivity index (χ1) is 12.8. The molecule has 1 aromatic heterocycles. The van der Waals surface area contributed by atoms with Gasteiger partial charge in [0.1, 0.15) is 0 Å². The molecule has 0 aliphatic carbocycles. The van der Waals surface area contributed by atoms with Crippen LogP contribution in [0.25, 0.3) is 0 Å². The summed E-state index contributed by atoms with van der Waals surface area (Å²) in [7, 11) is 5.94. The Bertz CT molecular complexity index is 599. The van der Waals surface area contributed by atoms with Crippen LogP contribution in [-0.4, -0.2) is 89.8 Å². The molecule has 2 heterocycles. The highest BCUT2D eigenvalue weighted by Crippen LogP contribution is 2.18. The molecule has 0 radical (unpaired) electrons. The van der Waals surface area contributed by atoms with Gasteiger partial charge in [-0.1, -0.05) is 20.8 Å². The van der Waals surface area contributed by atoms with Crippen molar-refractivity contribution >= 4 is 5.96 Å². The first-order valence-electron chi connectivity index (χ1n) is 10.3. The van der Waals surface area contributed by atoms with Gasteiger partial charge in [0.2, 0.25) is 0 Å². The van der Waals surface area contributed by atoms with Crippen LogP contribution in [0.5, 0.6) is 0 Å². The lowest BCUT2D eigenvalue weighted by Gasteiger charge is -2.38. The van der Waals surface area contributed by atoms with Crippen molar-refractivity contribution in [2.75, 3.05) is 53.4 Å². The topological polar surface area (TPSA) is 51.9 Å². The highest BCUT2D eigenvalue weighted by Gasteiger charge is 2.21. The van der Waals surface area contributed by atoms with Gasteiger partial charge in [0.05, 0.1) is 5.69 Å². The molecule has 1 saturated heterocycles. The van der Waals surface area contributed by atoms with Crippen LogP contribution in [0.1, 0.15) is 44.9 Å². The summed E-state index contributed by atoms with van der Waals surface area (Å²) in [5, 5.41) is 8.18. The van der Waals surface area contributed by atoms with E-state index in [2.05, 4.69) is 71.0 Å². The number of nitrogens with zero attached hydrogens (tertiary/aromatic N) is 6. The second-order valence-electron chi connectivity index (χ2n) is 7.97. The van der Waals surface area contributed by atoms with Crippen molar-refractivity contribution in [2.45, 2.75) is 46.2 Å². The third-order valence-electron chi connectivity index (χ3n) is 5.50. The summed E-state index contributed by atoms with van der Waals surface area (Å²) in [6.45, 7) is 16.5. The molecule has 0 bridgehead atoms. The van der Waals surface area contributed by atoms with Crippen molar-refractivity contribution < 1.29 is 0 Å². The highest BCUT2D eigenvalue weighted by atomic mass is 15.3. The fourth-order valence-electron chi connectivity index (χ4n) is 3.77. The Morgan fingerprint density at radius 3 is 2.48 bits per heavy atom. The zero-order chi connectivity index (χ0) is 20.0. The lowest BCUT2D eigenvalue weighted by atomic mass is 10.1. The molecule has 0 amide bonds. The zero-order valence-electron chi connectivity index (χ0n) is 18.4. The van der Waals surface area contributed by atoms with Crippen LogP contribution in [0.15, 0.2) is 11.2 Å². The van der Waals surface area contributed by atoms with Gasteiger partial charge in [-0.15, -0.1) is 0 Å². The van der Waals surface area contributed by atoms with Gasteiger partial charge < -0.3 is 15.1 Å². The summed E-state index contributed by atoms with van der Waals surface area (Å²) in [5.41, 5.74) is 2.43. The fourth-order valence-corrected chi connectivity index (χ4v) is 3.77. The third kappa shape index (κ3) is 5.94. The van der Waals surface area contributed by atoms with Crippen molar-refractivity contribution in [1.29, 1.82) is 0 Å². The van der Waals surface area contributed by atoms with E-state index in [-0.39, 0.29) is 0 Å². The quantitative estimate of drug-likeness (QED) is 0.577. The molecule has 1 atom stereocenters. The molecular formula is C20H39N7. The molecule has 1 unspecified atom stereocenters. The van der Waals surface area contributed by atoms with Gasteiger partial charge in [-0.3, -0.25) is 14.6 Å². The molecule has 1 aliphatic rings. The minimum Gasteiger partial charge on any atom is -0.355 e. The van der Waals surface area contributed by atoms with Crippen molar-refractivity contribution in [3.05, 3.63) is 17.5 Å². The third-order valence-corrected chi connectivity index (χ3v) is 5.50. The largest absolute Gasteiger partial charge is 0.355 e. The number of aliphatic imine (C=N–C) groups is 1. The Hall–Kier alpha value is -1.60. The summed E-state index contributed by atoms with van der Waals surface area (Å²) >= 11 is 0. The lowest BCUT2D eigenvalue weighted by Crippen LogP contribution is -2.53. The number of piperazine rings is 1. The molecule has 1 fully saturated rings. The summed E-state index contributed by atoms with van der Waals surface area (Å²) in [4.78, 5) is 11.8. The van der Waals surface area contributed by atoms with Gasteiger partial charge in [-0.2, -0.15) is 5.10 Å². The van der Waals surface area contributed by atoms with E-state index in [0.717, 1.165) is 38.7 Å². The van der Waals surface area contributed by atoms with Gasteiger partial charge in [-0.05, 0) is 19.4 Å². The Morgan fingerprint density at radius 1 is 1.26 bits per heavy atom. The molecule has 27 heavy (non-hydrogen) atoms. The van der Waals surface area contributed by atoms with E-state index in [0.29, 0.717) is 12.0 Å². The van der Waals surface area contributed by atoms with Crippen LogP contribution in [0.4, 0.5) is 0 Å². The molecule has 1 aromatic rings. The number of rotatable bonds is 7. The minimum atomic E-state index is 0.423. The van der Waals surface area contributed by atoms with Crippen molar-refractivity contribution in [3.8, 4) is 0 Å². The van der Waals surface area contributed by atoms with Crippen LogP contribution >= 0.6 is 0 Å². The molecule has 154 valence electrons. The van der Waals surface area contributed by atoms with E-state index in [1.807, 2.05) is 18.8 Å². The van der Waals surface area contributed by atoms with Gasteiger partial charge in [0.15, 0.2) is 5.96 Å². The highest BCUT2D eigenvalue weighted by molar-refractivity contribution is 5.79. The number of likely N-dealkylation sites (N-methyl/N-ethyl adjacent to an activating group) is 1. The SMILES string of the molecule is CCN1CCN(C(C)CNC(=NC)N(C)Cc2cn(C)nc2C(C)C)CC1. The second-order valence-corrected chi connectivity index (χ2v) is 7.97. The van der Waals surface area contributed by atoms with Crippen LogP contribution < -0.4 is 5.32 Å². The molecule has 0 aromatic carbocycles. The second kappa shape index (κ2) is 10.1. The van der Waals surface area contributed by atoms with Gasteiger partial charge >= 0.3 is 0 Å². The van der Waals surface area contributed by atoms with E-state index in [4.69, 9.17) is 0 Å². The number of hydrogen-bond acceptors (Lipinski definition) is 4. The predicted octanol–water partition coefficient (Wildman–Crippen LogP) is 1.58. The standard InChI is InChI=1S/C20H39N7/c1-8-26-9-11-27(12-10-26)17(4)13-22-20(21-5)24(6)14-18-15-25(7)23-19(18)16(2)3/h15-17H,8-14H2,1-7H3,(H,21,22). The van der Waals surface area contributed by atoms with E-state index in [9.17, 15) is 0 Å². The molecule has 7 heteroatoms. The monoisotopic (exact) mass is 377 g/mol. The molecule has 0 saturated carbocycles. The van der Waals surface area contributed by atoms with Crippen molar-refractivity contribution in [3.63, 3.8) is 0 Å². The Balaban J connectivity index is 1.87. The maximum Gasteiger partial charge on any atom is 0.193 e. The van der Waals surface area contributed by atoms with Crippen LogP contribution in [-0.2, 0) is 13.6 Å². The average molecular weight is 378 g/mol. The molecule has 1 N–H and O–H groups in total. The Kier molecular flexibility index (Phi) is 8.10. The van der Waals surface area contributed by atoms with E-state index < -0.39 is 0 Å². The van der Waals surface area contributed by atoms with E-state index in [1.54, 1.807) is 0 Å².